The number of hydrogen-bond donors (Lipinski definition) is 18. The van der Waals surface area contributed by atoms with E-state index in [2.05, 4.69) is 60.1 Å². The van der Waals surface area contributed by atoms with Gasteiger partial charge in [-0.1, -0.05) is 70.8 Å². The van der Waals surface area contributed by atoms with Crippen LogP contribution in [0, 0.1) is 0 Å². The first-order valence-corrected chi connectivity index (χ1v) is 29.9. The number of nitrogens with one attached hydrogen (secondary N) is 10. The Morgan fingerprint density at radius 1 is 0.628 bits per heavy atom. The van der Waals surface area contributed by atoms with E-state index in [0.717, 1.165) is 64.4 Å². The molecule has 2 rings (SSSR count). The Kier molecular flexibility index (Phi) is 35.7. The van der Waals surface area contributed by atoms with Crippen LogP contribution in [0.5, 0.6) is 0 Å². The summed E-state index contributed by atoms with van der Waals surface area (Å²) < 4.78 is 5.37. The number of cyclic esters (lactones) is 1. The van der Waals surface area contributed by atoms with Crippen molar-refractivity contribution in [2.75, 3.05) is 32.1 Å². The van der Waals surface area contributed by atoms with Gasteiger partial charge in [0.25, 0.3) is 11.8 Å². The van der Waals surface area contributed by atoms with Crippen LogP contribution in [0.4, 0.5) is 0 Å². The molecule has 488 valence electrons. The van der Waals surface area contributed by atoms with Gasteiger partial charge in [-0.15, -0.1) is 11.6 Å². The Morgan fingerprint density at radius 3 is 1.67 bits per heavy atom. The standard InChI is InChI=1S/C54H92ClN13O18/c1-4-6-7-8-9-10-11-12-13-16-31(70)25-39(72)60-37-28-86-54(85)42(38(71)27-55)67-52(83)43(44(75)53(84)59-30-18-19-30)68-45(76)32(5-2)61-51(82)41(29(3)69)66-48(79)35(21-24-58)63-46(77)33(17-14-15-22-56)62-49(80)36(26-40(73)74)65-47(78)34(20-23-57)64-50(37)81/h5,29-31,33-38,41-44,69-71,75H,4,6-28,56-58H2,1-3H3,(H,59,84)(H,60,72)(H,61,82)(H,62,80)(H,63,77)(H,64,81)(H,65,78)(H,66,79)(H,67,83)(H,68,76)(H,73,74)/b32-5+/t29-,31+,33-,34+,35-,36-,37-,38+,41-,42-,43-,44-/m0/s1. The van der Waals surface area contributed by atoms with Crippen LogP contribution in [0.2, 0.25) is 0 Å². The molecule has 0 unspecified atom stereocenters. The van der Waals surface area contributed by atoms with Gasteiger partial charge in [-0.25, -0.2) is 4.79 Å². The summed E-state index contributed by atoms with van der Waals surface area (Å²) in [6, 6.07) is -15.8. The number of ether oxygens (including phenoxy) is 1. The summed E-state index contributed by atoms with van der Waals surface area (Å²) >= 11 is 5.95. The van der Waals surface area contributed by atoms with E-state index >= 15 is 0 Å². The number of aliphatic hydroxyl groups is 4. The molecule has 86 heavy (non-hydrogen) atoms. The minimum absolute atomic E-state index is 0.132. The van der Waals surface area contributed by atoms with E-state index in [1.807, 2.05) is 0 Å². The molecule has 31 nitrogen and oxygen atoms in total. The van der Waals surface area contributed by atoms with E-state index in [1.54, 1.807) is 0 Å². The van der Waals surface area contributed by atoms with Crippen molar-refractivity contribution >= 4 is 82.6 Å². The quantitative estimate of drug-likeness (QED) is 0.0144. The molecule has 1 saturated carbocycles. The Bertz CT molecular complexity index is 2300. The molecule has 10 amide bonds. The fourth-order valence-electron chi connectivity index (χ4n) is 8.75. The highest BCUT2D eigenvalue weighted by atomic mass is 35.5. The Labute approximate surface area is 504 Å². The van der Waals surface area contributed by atoms with Gasteiger partial charge in [0.2, 0.25) is 47.3 Å². The number of rotatable bonds is 29. The second-order valence-corrected chi connectivity index (χ2v) is 21.6. The molecule has 12 atom stereocenters. The number of nitrogens with two attached hydrogens (primary N) is 3. The molecule has 21 N–H and O–H groups in total. The largest absolute Gasteiger partial charge is 0.481 e. The number of aliphatic carboxylic acids is 1. The number of allylic oxidation sites excluding steroid dienone is 1. The number of amides is 10. The molecule has 32 heteroatoms. The number of carboxylic acid groups (broad SMARTS) is 1. The summed E-state index contributed by atoms with van der Waals surface area (Å²) in [5, 5.41) is 76.5. The number of aliphatic hydroxyl groups excluding tert-OH is 4. The second-order valence-electron chi connectivity index (χ2n) is 21.3. The first kappa shape index (κ1) is 75.5. The van der Waals surface area contributed by atoms with E-state index < -0.39 is 187 Å². The number of unbranched alkanes of at least 4 members (excludes halogenated alkanes) is 9. The summed E-state index contributed by atoms with van der Waals surface area (Å²) in [4.78, 5) is 165. The second kappa shape index (κ2) is 40.7. The van der Waals surface area contributed by atoms with Crippen molar-refractivity contribution in [3.05, 3.63) is 11.8 Å². The number of hydrogen-bond acceptors (Lipinski definition) is 20. The minimum atomic E-state index is -2.46. The highest BCUT2D eigenvalue weighted by Crippen LogP contribution is 2.19. The van der Waals surface area contributed by atoms with Gasteiger partial charge in [-0.05, 0) is 84.8 Å². The molecule has 2 aliphatic rings. The average Bonchev–Trinajstić information content (AvgIpc) is 4.26. The monoisotopic (exact) mass is 1250 g/mol. The zero-order valence-corrected chi connectivity index (χ0v) is 50.0. The fraction of sp³-hybridized carbons (Fsp3) is 0.741. The molecule has 0 spiro atoms. The van der Waals surface area contributed by atoms with Crippen LogP contribution in [0.25, 0.3) is 0 Å². The van der Waals surface area contributed by atoms with Gasteiger partial charge in [0.15, 0.2) is 12.1 Å². The predicted octanol–water partition coefficient (Wildman–Crippen LogP) is -4.97. The normalized spacial score (nSPS) is 24.9. The Hall–Kier alpha value is -6.61. The summed E-state index contributed by atoms with van der Waals surface area (Å²) in [5.41, 5.74) is 16.6. The van der Waals surface area contributed by atoms with Crippen molar-refractivity contribution in [2.24, 2.45) is 17.2 Å². The van der Waals surface area contributed by atoms with E-state index in [4.69, 9.17) is 33.5 Å². The van der Waals surface area contributed by atoms with Gasteiger partial charge >= 0.3 is 11.9 Å². The number of carbonyl (C=O) groups is 12. The van der Waals surface area contributed by atoms with E-state index in [1.165, 1.54) is 6.92 Å². The number of esters is 1. The summed E-state index contributed by atoms with van der Waals surface area (Å²) in [6.45, 7) is 2.79. The van der Waals surface area contributed by atoms with Crippen LogP contribution in [-0.4, -0.2) is 207 Å². The summed E-state index contributed by atoms with van der Waals surface area (Å²) in [6.07, 6.45) is 1.36. The van der Waals surface area contributed by atoms with Crippen molar-refractivity contribution in [2.45, 2.75) is 222 Å². The van der Waals surface area contributed by atoms with Crippen molar-refractivity contribution < 1.29 is 87.8 Å². The first-order chi connectivity index (χ1) is 40.8. The molecule has 2 fully saturated rings. The molecular formula is C54H92ClN13O18. The maximum atomic E-state index is 14.2. The lowest BCUT2D eigenvalue weighted by atomic mass is 10.0. The van der Waals surface area contributed by atoms with Crippen LogP contribution >= 0.6 is 11.6 Å². The SMILES string of the molecule is C/C=C1/NC(=O)[C@H]([C@H](C)O)NC(=O)[C@H](CCN)NC(=O)[C@H](CCCCN)NC(=O)[C@H](CC(=O)O)NC(=O)[C@@H](CCN)NC(=O)[C@@H](NC(=O)C[C@H](O)CCCCCCCCCCC)COC(=O)[C@H]([C@H](O)CCl)NC(=O)[C@H]([C@H](O)C(=O)NC2CC2)NC1=O. The van der Waals surface area contributed by atoms with E-state index in [9.17, 15) is 83.1 Å². The van der Waals surface area contributed by atoms with Crippen molar-refractivity contribution in [1.82, 2.24) is 53.2 Å². The molecule has 0 radical (unpaired) electrons. The molecular weight excluding hydrogens is 1150 g/mol. The Morgan fingerprint density at radius 2 is 1.15 bits per heavy atom. The summed E-state index contributed by atoms with van der Waals surface area (Å²) in [7, 11) is 0. The van der Waals surface area contributed by atoms with Gasteiger partial charge in [0.05, 0.1) is 37.0 Å². The van der Waals surface area contributed by atoms with Gasteiger partial charge < -0.3 is 101 Å². The van der Waals surface area contributed by atoms with E-state index in [-0.39, 0.29) is 45.3 Å². The topological polar surface area (TPSA) is 514 Å². The van der Waals surface area contributed by atoms with Crippen molar-refractivity contribution in [1.29, 1.82) is 0 Å². The minimum Gasteiger partial charge on any atom is -0.481 e. The molecule has 1 aliphatic carbocycles. The molecule has 0 aromatic carbocycles. The predicted molar refractivity (Wildman–Crippen MR) is 309 cm³/mol. The van der Waals surface area contributed by atoms with Crippen LogP contribution in [0.15, 0.2) is 11.8 Å². The lowest BCUT2D eigenvalue weighted by molar-refractivity contribution is -0.154. The fourth-order valence-corrected chi connectivity index (χ4v) is 8.93. The van der Waals surface area contributed by atoms with E-state index in [0.29, 0.717) is 25.7 Å². The lowest BCUT2D eigenvalue weighted by Gasteiger charge is -2.29. The van der Waals surface area contributed by atoms with Gasteiger partial charge in [0.1, 0.15) is 54.6 Å². The van der Waals surface area contributed by atoms with Gasteiger partial charge in [-0.3, -0.25) is 52.7 Å². The zero-order chi connectivity index (χ0) is 64.5. The van der Waals surface area contributed by atoms with Crippen LogP contribution < -0.4 is 70.4 Å². The van der Waals surface area contributed by atoms with Crippen molar-refractivity contribution in [3.63, 3.8) is 0 Å². The number of carbonyl (C=O) groups excluding carboxylic acids is 11. The molecule has 0 aromatic heterocycles. The molecule has 1 heterocycles. The highest BCUT2D eigenvalue weighted by Gasteiger charge is 2.42. The Balaban J connectivity index is 2.78. The van der Waals surface area contributed by atoms with Gasteiger partial charge in [-0.2, -0.15) is 0 Å². The van der Waals surface area contributed by atoms with Crippen LogP contribution in [0.1, 0.15) is 143 Å². The maximum Gasteiger partial charge on any atom is 0.331 e. The third kappa shape index (κ3) is 27.8. The zero-order valence-electron chi connectivity index (χ0n) is 49.2. The first-order valence-electron chi connectivity index (χ1n) is 29.3. The van der Waals surface area contributed by atoms with Crippen molar-refractivity contribution in [3.8, 4) is 0 Å². The number of halogens is 1. The number of alkyl halides is 1. The third-order valence-electron chi connectivity index (χ3n) is 13.9. The molecule has 1 saturated heterocycles. The molecule has 0 aromatic rings. The van der Waals surface area contributed by atoms with Crippen LogP contribution in [-0.2, 0) is 62.3 Å². The average molecular weight is 1250 g/mol. The van der Waals surface area contributed by atoms with Crippen LogP contribution in [0.3, 0.4) is 0 Å². The highest BCUT2D eigenvalue weighted by molar-refractivity contribution is 6.18. The molecule has 0 bridgehead atoms. The molecule has 1 aliphatic heterocycles. The number of carboxylic acids is 1. The third-order valence-corrected chi connectivity index (χ3v) is 14.2. The lowest BCUT2D eigenvalue weighted by Crippen LogP contribution is -2.63. The smallest absolute Gasteiger partial charge is 0.331 e. The summed E-state index contributed by atoms with van der Waals surface area (Å²) in [5.74, 6) is -16.3. The maximum absolute atomic E-state index is 14.2. The van der Waals surface area contributed by atoms with Gasteiger partial charge in [0, 0.05) is 6.04 Å².